The Kier molecular flexibility index (Phi) is 3.85. The molecule has 2 aromatic heterocycles. The smallest absolute Gasteiger partial charge is 0.123 e. The summed E-state index contributed by atoms with van der Waals surface area (Å²) in [6, 6.07) is 13.1. The minimum atomic E-state index is 0.320. The Morgan fingerprint density at radius 3 is 2.80 bits per heavy atom. The van der Waals surface area contributed by atoms with Gasteiger partial charge < -0.3 is 5.32 Å². The van der Waals surface area contributed by atoms with Crippen molar-refractivity contribution in [2.45, 2.75) is 19.9 Å². The van der Waals surface area contributed by atoms with Crippen LogP contribution in [-0.4, -0.2) is 4.98 Å². The largest absolute Gasteiger partial charge is 0.378 e. The molecule has 0 fully saturated rings. The van der Waals surface area contributed by atoms with Crippen molar-refractivity contribution in [1.82, 2.24) is 4.98 Å². The maximum Gasteiger partial charge on any atom is 0.123 e. The molecular formula is C16H16N2S2. The Morgan fingerprint density at radius 2 is 2.10 bits per heavy atom. The topological polar surface area (TPSA) is 24.9 Å². The summed E-state index contributed by atoms with van der Waals surface area (Å²) in [5, 5.41) is 6.63. The molecule has 0 amide bonds. The maximum absolute atomic E-state index is 4.36. The van der Waals surface area contributed by atoms with Crippen LogP contribution >= 0.6 is 22.7 Å². The predicted molar refractivity (Wildman–Crippen MR) is 88.6 cm³/mol. The summed E-state index contributed by atoms with van der Waals surface area (Å²) in [5.41, 5.74) is 2.30. The Labute approximate surface area is 127 Å². The van der Waals surface area contributed by atoms with Gasteiger partial charge in [0.1, 0.15) is 5.01 Å². The highest BCUT2D eigenvalue weighted by Crippen LogP contribution is 2.28. The molecule has 0 aliphatic heterocycles. The summed E-state index contributed by atoms with van der Waals surface area (Å²) >= 11 is 3.51. The van der Waals surface area contributed by atoms with E-state index in [4.69, 9.17) is 0 Å². The third-order valence-electron chi connectivity index (χ3n) is 3.11. The van der Waals surface area contributed by atoms with E-state index < -0.39 is 0 Å². The Hall–Kier alpha value is -1.65. The number of hydrogen-bond acceptors (Lipinski definition) is 4. The van der Waals surface area contributed by atoms with Crippen molar-refractivity contribution in [2.24, 2.45) is 0 Å². The van der Waals surface area contributed by atoms with Crippen LogP contribution in [0.4, 0.5) is 5.69 Å². The molecule has 2 heterocycles. The van der Waals surface area contributed by atoms with Crippen molar-refractivity contribution in [3.8, 4) is 10.6 Å². The van der Waals surface area contributed by atoms with E-state index in [9.17, 15) is 0 Å². The number of nitrogens with zero attached hydrogens (tertiary/aromatic N) is 1. The van der Waals surface area contributed by atoms with Crippen LogP contribution in [0.15, 0.2) is 48.0 Å². The lowest BCUT2D eigenvalue weighted by atomic mass is 10.2. The van der Waals surface area contributed by atoms with Gasteiger partial charge >= 0.3 is 0 Å². The van der Waals surface area contributed by atoms with Gasteiger partial charge in [0.05, 0.1) is 6.04 Å². The molecule has 0 spiro atoms. The molecule has 1 aromatic carbocycles. The highest BCUT2D eigenvalue weighted by Gasteiger charge is 2.08. The average molecular weight is 300 g/mol. The van der Waals surface area contributed by atoms with E-state index in [-0.39, 0.29) is 0 Å². The lowest BCUT2D eigenvalue weighted by molar-refractivity contribution is 0.908. The van der Waals surface area contributed by atoms with E-state index in [0.29, 0.717) is 6.04 Å². The monoisotopic (exact) mass is 300 g/mol. The number of nitrogens with one attached hydrogen (secondary N) is 1. The minimum absolute atomic E-state index is 0.320. The molecule has 1 unspecified atom stereocenters. The fraction of sp³-hybridized carbons (Fsp3) is 0.188. The van der Waals surface area contributed by atoms with Crippen LogP contribution in [0.2, 0.25) is 0 Å². The SMILES string of the molecule is Cc1ccc(C(C)Nc2cccc(-c3nccs3)c2)s1. The van der Waals surface area contributed by atoms with Gasteiger partial charge in [-0.15, -0.1) is 22.7 Å². The number of aromatic nitrogens is 1. The first-order chi connectivity index (χ1) is 9.72. The summed E-state index contributed by atoms with van der Waals surface area (Å²) in [7, 11) is 0. The summed E-state index contributed by atoms with van der Waals surface area (Å²) < 4.78 is 0. The second-order valence-corrected chi connectivity index (χ2v) is 6.95. The van der Waals surface area contributed by atoms with Crippen molar-refractivity contribution in [1.29, 1.82) is 0 Å². The van der Waals surface area contributed by atoms with Crippen molar-refractivity contribution >= 4 is 28.4 Å². The number of hydrogen-bond donors (Lipinski definition) is 1. The van der Waals surface area contributed by atoms with Gasteiger partial charge in [0.2, 0.25) is 0 Å². The maximum atomic E-state index is 4.36. The number of thiazole rings is 1. The van der Waals surface area contributed by atoms with E-state index in [1.165, 1.54) is 15.3 Å². The van der Waals surface area contributed by atoms with Gasteiger partial charge in [0, 0.05) is 32.6 Å². The summed E-state index contributed by atoms with van der Waals surface area (Å²) in [5.74, 6) is 0. The molecule has 0 saturated carbocycles. The van der Waals surface area contributed by atoms with Gasteiger partial charge in [0.15, 0.2) is 0 Å². The van der Waals surface area contributed by atoms with Gasteiger partial charge in [0.25, 0.3) is 0 Å². The van der Waals surface area contributed by atoms with Crippen LogP contribution in [0.1, 0.15) is 22.7 Å². The molecule has 1 atom stereocenters. The van der Waals surface area contributed by atoms with Crippen LogP contribution in [0.25, 0.3) is 10.6 Å². The Morgan fingerprint density at radius 1 is 1.20 bits per heavy atom. The van der Waals surface area contributed by atoms with E-state index >= 15 is 0 Å². The lowest BCUT2D eigenvalue weighted by Gasteiger charge is -2.14. The molecule has 102 valence electrons. The zero-order chi connectivity index (χ0) is 13.9. The van der Waals surface area contributed by atoms with Crippen LogP contribution < -0.4 is 5.32 Å². The molecular weight excluding hydrogens is 284 g/mol. The first-order valence-electron chi connectivity index (χ1n) is 6.55. The number of aryl methyl sites for hydroxylation is 1. The van der Waals surface area contributed by atoms with E-state index in [0.717, 1.165) is 10.7 Å². The molecule has 0 saturated heterocycles. The highest BCUT2D eigenvalue weighted by atomic mass is 32.1. The van der Waals surface area contributed by atoms with Crippen LogP contribution in [-0.2, 0) is 0 Å². The van der Waals surface area contributed by atoms with Gasteiger partial charge in [-0.05, 0) is 38.1 Å². The molecule has 3 rings (SSSR count). The van der Waals surface area contributed by atoms with Gasteiger partial charge in [-0.2, -0.15) is 0 Å². The predicted octanol–water partition coefficient (Wildman–Crippen LogP) is 5.35. The Balaban J connectivity index is 1.79. The molecule has 3 aromatic rings. The van der Waals surface area contributed by atoms with Crippen LogP contribution in [0, 0.1) is 6.92 Å². The fourth-order valence-electron chi connectivity index (χ4n) is 2.12. The molecule has 0 radical (unpaired) electrons. The molecule has 20 heavy (non-hydrogen) atoms. The van der Waals surface area contributed by atoms with Gasteiger partial charge in [-0.1, -0.05) is 12.1 Å². The molecule has 0 aliphatic carbocycles. The number of benzene rings is 1. The zero-order valence-corrected chi connectivity index (χ0v) is 13.1. The number of thiophene rings is 1. The first-order valence-corrected chi connectivity index (χ1v) is 8.25. The van der Waals surface area contributed by atoms with E-state index in [1.54, 1.807) is 11.3 Å². The minimum Gasteiger partial charge on any atom is -0.378 e. The van der Waals surface area contributed by atoms with Crippen molar-refractivity contribution in [3.63, 3.8) is 0 Å². The normalized spacial score (nSPS) is 12.3. The lowest BCUT2D eigenvalue weighted by Crippen LogP contribution is -2.04. The third-order valence-corrected chi connectivity index (χ3v) is 5.12. The van der Waals surface area contributed by atoms with Gasteiger partial charge in [-0.25, -0.2) is 4.98 Å². The molecule has 2 nitrogen and oxygen atoms in total. The number of anilines is 1. The van der Waals surface area contributed by atoms with E-state index in [2.05, 4.69) is 60.5 Å². The quantitative estimate of drug-likeness (QED) is 0.702. The molecule has 0 bridgehead atoms. The highest BCUT2D eigenvalue weighted by molar-refractivity contribution is 7.13. The standard InChI is InChI=1S/C16H16N2S2/c1-11-6-7-15(20-11)12(2)18-14-5-3-4-13(10-14)16-17-8-9-19-16/h3-10,12,18H,1-2H3. The third kappa shape index (κ3) is 2.92. The second-order valence-electron chi connectivity index (χ2n) is 4.73. The van der Waals surface area contributed by atoms with Crippen molar-refractivity contribution in [3.05, 3.63) is 57.7 Å². The summed E-state index contributed by atoms with van der Waals surface area (Å²) in [6.07, 6.45) is 1.84. The molecule has 1 N–H and O–H groups in total. The van der Waals surface area contributed by atoms with Crippen molar-refractivity contribution in [2.75, 3.05) is 5.32 Å². The molecule has 4 heteroatoms. The van der Waals surface area contributed by atoms with Crippen molar-refractivity contribution < 1.29 is 0 Å². The average Bonchev–Trinajstić information content (AvgIpc) is 3.10. The number of rotatable bonds is 4. The van der Waals surface area contributed by atoms with Crippen LogP contribution in [0.3, 0.4) is 0 Å². The van der Waals surface area contributed by atoms with E-state index in [1.807, 2.05) is 22.9 Å². The summed E-state index contributed by atoms with van der Waals surface area (Å²) in [6.45, 7) is 4.34. The van der Waals surface area contributed by atoms with Crippen LogP contribution in [0.5, 0.6) is 0 Å². The second kappa shape index (κ2) is 5.77. The summed E-state index contributed by atoms with van der Waals surface area (Å²) in [4.78, 5) is 7.08. The van der Waals surface area contributed by atoms with Gasteiger partial charge in [-0.3, -0.25) is 0 Å². The first kappa shape index (κ1) is 13.3. The molecule has 0 aliphatic rings. The zero-order valence-electron chi connectivity index (χ0n) is 11.5. The Bertz CT molecular complexity index is 686. The fourth-order valence-corrected chi connectivity index (χ4v) is 3.63.